The van der Waals surface area contributed by atoms with Gasteiger partial charge in [-0.05, 0) is 43.9 Å². The van der Waals surface area contributed by atoms with Crippen LogP contribution in [0.1, 0.15) is 24.5 Å². The number of rotatable bonds is 5. The van der Waals surface area contributed by atoms with Crippen LogP contribution < -0.4 is 10.6 Å². The number of nitrogens with one attached hydrogen (secondary N) is 2. The number of hydrogen-bond acceptors (Lipinski definition) is 4. The van der Waals surface area contributed by atoms with Crippen LogP contribution in [0.25, 0.3) is 0 Å². The second-order valence-electron chi connectivity index (χ2n) is 5.56. The summed E-state index contributed by atoms with van der Waals surface area (Å²) in [7, 11) is -2.88. The maximum atomic E-state index is 11.5. The summed E-state index contributed by atoms with van der Waals surface area (Å²) in [6, 6.07) is 1.97. The van der Waals surface area contributed by atoms with Gasteiger partial charge in [-0.3, -0.25) is 9.98 Å². The lowest BCUT2D eigenvalue weighted by Crippen LogP contribution is -2.44. The first-order valence-electron chi connectivity index (χ1n) is 7.65. The van der Waals surface area contributed by atoms with Crippen LogP contribution in [-0.4, -0.2) is 50.0 Å². The monoisotopic (exact) mass is 324 g/mol. The van der Waals surface area contributed by atoms with E-state index in [-0.39, 0.29) is 17.5 Å². The first kappa shape index (κ1) is 16.7. The zero-order valence-corrected chi connectivity index (χ0v) is 14.0. The lowest BCUT2D eigenvalue weighted by atomic mass is 10.1. The van der Waals surface area contributed by atoms with Crippen molar-refractivity contribution in [3.63, 3.8) is 0 Å². The maximum Gasteiger partial charge on any atom is 0.191 e. The third-order valence-corrected chi connectivity index (χ3v) is 5.47. The molecule has 6 nitrogen and oxygen atoms in total. The molecule has 0 aromatic carbocycles. The molecule has 1 atom stereocenters. The molecule has 1 aliphatic heterocycles. The SMILES string of the molecule is CCNC(=NCCc1ccncc1C)NC1CCS(=O)(=O)C1. The van der Waals surface area contributed by atoms with Crippen LogP contribution in [0.5, 0.6) is 0 Å². The number of pyridine rings is 1. The van der Waals surface area contributed by atoms with E-state index in [1.54, 1.807) is 6.20 Å². The van der Waals surface area contributed by atoms with Gasteiger partial charge in [0.15, 0.2) is 15.8 Å². The van der Waals surface area contributed by atoms with E-state index < -0.39 is 9.84 Å². The Hall–Kier alpha value is -1.63. The second kappa shape index (κ2) is 7.58. The summed E-state index contributed by atoms with van der Waals surface area (Å²) < 4.78 is 23.0. The molecule has 122 valence electrons. The van der Waals surface area contributed by atoms with E-state index >= 15 is 0 Å². The second-order valence-corrected chi connectivity index (χ2v) is 7.79. The molecule has 2 rings (SSSR count). The molecule has 1 aromatic heterocycles. The molecular formula is C15H24N4O2S. The fourth-order valence-electron chi connectivity index (χ4n) is 2.49. The van der Waals surface area contributed by atoms with E-state index in [0.717, 1.165) is 18.5 Å². The molecule has 1 aliphatic rings. The molecule has 1 unspecified atom stereocenters. The van der Waals surface area contributed by atoms with Gasteiger partial charge in [0, 0.05) is 31.5 Å². The summed E-state index contributed by atoms with van der Waals surface area (Å²) in [4.78, 5) is 8.62. The van der Waals surface area contributed by atoms with Gasteiger partial charge in [0.1, 0.15) is 0 Å². The molecule has 0 spiro atoms. The highest BCUT2D eigenvalue weighted by Crippen LogP contribution is 2.11. The molecule has 0 amide bonds. The van der Waals surface area contributed by atoms with Crippen LogP contribution in [0.3, 0.4) is 0 Å². The predicted octanol–water partition coefficient (Wildman–Crippen LogP) is 0.675. The van der Waals surface area contributed by atoms with Gasteiger partial charge in [-0.25, -0.2) is 8.42 Å². The van der Waals surface area contributed by atoms with Crippen LogP contribution >= 0.6 is 0 Å². The summed E-state index contributed by atoms with van der Waals surface area (Å²) >= 11 is 0. The number of sulfone groups is 1. The fourth-order valence-corrected chi connectivity index (χ4v) is 4.17. The minimum atomic E-state index is -2.88. The molecule has 1 aromatic rings. The average molecular weight is 324 g/mol. The molecule has 2 heterocycles. The summed E-state index contributed by atoms with van der Waals surface area (Å²) in [5.41, 5.74) is 2.40. The largest absolute Gasteiger partial charge is 0.357 e. The Morgan fingerprint density at radius 1 is 1.50 bits per heavy atom. The zero-order valence-electron chi connectivity index (χ0n) is 13.2. The predicted molar refractivity (Wildman–Crippen MR) is 88.9 cm³/mol. The summed E-state index contributed by atoms with van der Waals surface area (Å²) in [5.74, 6) is 1.15. The summed E-state index contributed by atoms with van der Waals surface area (Å²) in [6.45, 7) is 5.44. The van der Waals surface area contributed by atoms with Crippen LogP contribution in [-0.2, 0) is 16.3 Å². The third kappa shape index (κ3) is 4.98. The molecule has 7 heteroatoms. The van der Waals surface area contributed by atoms with Gasteiger partial charge in [-0.2, -0.15) is 0 Å². The van der Waals surface area contributed by atoms with Gasteiger partial charge in [0.25, 0.3) is 0 Å². The van der Waals surface area contributed by atoms with E-state index in [4.69, 9.17) is 0 Å². The molecular weight excluding hydrogens is 300 g/mol. The van der Waals surface area contributed by atoms with E-state index in [9.17, 15) is 8.42 Å². The highest BCUT2D eigenvalue weighted by atomic mass is 32.2. The van der Waals surface area contributed by atoms with Crippen molar-refractivity contribution in [2.24, 2.45) is 4.99 Å². The molecule has 22 heavy (non-hydrogen) atoms. The van der Waals surface area contributed by atoms with E-state index in [2.05, 4.69) is 20.6 Å². The molecule has 2 N–H and O–H groups in total. The fraction of sp³-hybridized carbons (Fsp3) is 0.600. The topological polar surface area (TPSA) is 83.4 Å². The number of hydrogen-bond donors (Lipinski definition) is 2. The van der Waals surface area contributed by atoms with Crippen molar-refractivity contribution in [2.45, 2.75) is 32.7 Å². The Labute approximate surface area is 132 Å². The van der Waals surface area contributed by atoms with Crippen LogP contribution in [0.15, 0.2) is 23.5 Å². The van der Waals surface area contributed by atoms with Gasteiger partial charge in [0.05, 0.1) is 11.5 Å². The van der Waals surface area contributed by atoms with Crippen LogP contribution in [0, 0.1) is 6.92 Å². The minimum Gasteiger partial charge on any atom is -0.357 e. The van der Waals surface area contributed by atoms with Crippen LogP contribution in [0.2, 0.25) is 0 Å². The highest BCUT2D eigenvalue weighted by Gasteiger charge is 2.28. The Balaban J connectivity index is 1.91. The zero-order chi connectivity index (χ0) is 16.0. The summed E-state index contributed by atoms with van der Waals surface area (Å²) in [5, 5.41) is 6.39. The number of aliphatic imine (C=N–C) groups is 1. The van der Waals surface area contributed by atoms with Gasteiger partial charge in [-0.1, -0.05) is 0 Å². The first-order valence-corrected chi connectivity index (χ1v) is 9.47. The molecule has 1 saturated heterocycles. The highest BCUT2D eigenvalue weighted by molar-refractivity contribution is 7.91. The molecule has 0 aliphatic carbocycles. The Kier molecular flexibility index (Phi) is 5.76. The summed E-state index contributed by atoms with van der Waals surface area (Å²) in [6.07, 6.45) is 5.13. The normalized spacial score (nSPS) is 20.8. The smallest absolute Gasteiger partial charge is 0.191 e. The Bertz CT molecular complexity index is 628. The first-order chi connectivity index (χ1) is 10.5. The van der Waals surface area contributed by atoms with Crippen molar-refractivity contribution >= 4 is 15.8 Å². The van der Waals surface area contributed by atoms with E-state index in [1.165, 1.54) is 5.56 Å². The maximum absolute atomic E-state index is 11.5. The van der Waals surface area contributed by atoms with Gasteiger partial charge >= 0.3 is 0 Å². The third-order valence-electron chi connectivity index (χ3n) is 3.71. The lowest BCUT2D eigenvalue weighted by molar-refractivity contribution is 0.599. The van der Waals surface area contributed by atoms with Gasteiger partial charge in [0.2, 0.25) is 0 Å². The Morgan fingerprint density at radius 2 is 2.32 bits per heavy atom. The van der Waals surface area contributed by atoms with Crippen molar-refractivity contribution in [2.75, 3.05) is 24.6 Å². The quantitative estimate of drug-likeness (QED) is 0.614. The standard InChI is InChI=1S/C15H24N4O2S/c1-3-17-15(19-14-6-9-22(20,21)11-14)18-8-5-13-4-7-16-10-12(13)2/h4,7,10,14H,3,5-6,8-9,11H2,1-2H3,(H2,17,18,19). The number of aromatic nitrogens is 1. The number of aryl methyl sites for hydroxylation is 1. The van der Waals surface area contributed by atoms with Crippen molar-refractivity contribution in [1.82, 2.24) is 15.6 Å². The molecule has 0 bridgehead atoms. The van der Waals surface area contributed by atoms with Crippen LogP contribution in [0.4, 0.5) is 0 Å². The number of guanidine groups is 1. The molecule has 0 radical (unpaired) electrons. The average Bonchev–Trinajstić information content (AvgIpc) is 2.80. The van der Waals surface area contributed by atoms with Crippen molar-refractivity contribution in [3.05, 3.63) is 29.6 Å². The van der Waals surface area contributed by atoms with Crippen molar-refractivity contribution in [3.8, 4) is 0 Å². The Morgan fingerprint density at radius 3 is 2.95 bits per heavy atom. The minimum absolute atomic E-state index is 0.0366. The lowest BCUT2D eigenvalue weighted by Gasteiger charge is -2.15. The molecule has 1 fully saturated rings. The molecule has 0 saturated carbocycles. The van der Waals surface area contributed by atoms with Gasteiger partial charge < -0.3 is 10.6 Å². The van der Waals surface area contributed by atoms with E-state index in [0.29, 0.717) is 18.9 Å². The van der Waals surface area contributed by atoms with Gasteiger partial charge in [-0.15, -0.1) is 0 Å². The number of nitrogens with zero attached hydrogens (tertiary/aromatic N) is 2. The van der Waals surface area contributed by atoms with Crippen molar-refractivity contribution in [1.29, 1.82) is 0 Å². The van der Waals surface area contributed by atoms with Crippen molar-refractivity contribution < 1.29 is 8.42 Å². The van der Waals surface area contributed by atoms with E-state index in [1.807, 2.05) is 26.1 Å².